The lowest BCUT2D eigenvalue weighted by Crippen LogP contribution is -2.32. The fraction of sp³-hybridized carbons (Fsp3) is 0.240. The summed E-state index contributed by atoms with van der Waals surface area (Å²) in [5, 5.41) is 0.536. The molecule has 0 N–H and O–H groups in total. The van der Waals surface area contributed by atoms with E-state index < -0.39 is 18.1 Å². The molecule has 9 heteroatoms. The van der Waals surface area contributed by atoms with Crippen LogP contribution < -0.4 is 9.64 Å². The van der Waals surface area contributed by atoms with Crippen LogP contribution in [0.1, 0.15) is 38.5 Å². The fourth-order valence-electron chi connectivity index (χ4n) is 3.34. The van der Waals surface area contributed by atoms with Crippen molar-refractivity contribution in [2.24, 2.45) is 0 Å². The number of carbonyl (C=O) groups excluding carboxylic acids is 3. The molecule has 34 heavy (non-hydrogen) atoms. The van der Waals surface area contributed by atoms with E-state index in [1.165, 1.54) is 29.2 Å². The van der Waals surface area contributed by atoms with Gasteiger partial charge < -0.3 is 14.5 Å². The monoisotopic (exact) mass is 480 g/mol. The minimum absolute atomic E-state index is 0.0986. The number of aryl methyl sites for hydroxylation is 1. The molecule has 0 radical (unpaired) electrons. The highest BCUT2D eigenvalue weighted by atomic mass is 35.5. The molecular weight excluding hydrogens is 456 g/mol. The molecule has 0 aliphatic rings. The van der Waals surface area contributed by atoms with Gasteiger partial charge in [-0.25, -0.2) is 4.98 Å². The topological polar surface area (TPSA) is 92.7 Å². The molecule has 0 atom stereocenters. The first-order valence-corrected chi connectivity index (χ1v) is 10.8. The van der Waals surface area contributed by atoms with Gasteiger partial charge >= 0.3 is 0 Å². The maximum atomic E-state index is 13.3. The lowest BCUT2D eigenvalue weighted by molar-refractivity contribution is -0.117. The molecule has 1 aromatic heterocycles. The Kier molecular flexibility index (Phi) is 7.96. The average Bonchev–Trinajstić information content (AvgIpc) is 2.82. The van der Waals surface area contributed by atoms with E-state index in [4.69, 9.17) is 16.3 Å². The number of rotatable bonds is 8. The van der Waals surface area contributed by atoms with Crippen molar-refractivity contribution in [2.45, 2.75) is 19.9 Å². The van der Waals surface area contributed by atoms with E-state index in [2.05, 4.69) is 9.97 Å². The number of hydrogen-bond donors (Lipinski definition) is 0. The van der Waals surface area contributed by atoms with Crippen LogP contribution in [-0.4, -0.2) is 53.7 Å². The smallest absolute Gasteiger partial charge is 0.253 e. The summed E-state index contributed by atoms with van der Waals surface area (Å²) < 4.78 is 5.04. The predicted octanol–water partition coefficient (Wildman–Crippen LogP) is 3.96. The normalized spacial score (nSPS) is 10.5. The van der Waals surface area contributed by atoms with Crippen LogP contribution in [0.25, 0.3) is 0 Å². The molecule has 0 spiro atoms. The maximum absolute atomic E-state index is 13.3. The minimum Gasteiger partial charge on any atom is -0.481 e. The van der Waals surface area contributed by atoms with Crippen LogP contribution in [0.15, 0.2) is 54.7 Å². The van der Waals surface area contributed by atoms with Crippen molar-refractivity contribution in [1.29, 1.82) is 0 Å². The number of ether oxygens (including phenoxy) is 1. The van der Waals surface area contributed by atoms with E-state index in [1.54, 1.807) is 57.4 Å². The Morgan fingerprint density at radius 1 is 1.06 bits per heavy atom. The summed E-state index contributed by atoms with van der Waals surface area (Å²) in [7, 11) is 4.79. The summed E-state index contributed by atoms with van der Waals surface area (Å²) in [5.74, 6) is -0.974. The number of hydrogen-bond acceptors (Lipinski definition) is 6. The first kappa shape index (κ1) is 24.9. The molecule has 0 saturated carbocycles. The first-order chi connectivity index (χ1) is 16.2. The number of carbonyl (C=O) groups is 3. The van der Waals surface area contributed by atoms with Crippen LogP contribution in [0.3, 0.4) is 0 Å². The molecule has 0 bridgehead atoms. The van der Waals surface area contributed by atoms with Crippen LogP contribution in [0.5, 0.6) is 5.88 Å². The second-order valence-corrected chi connectivity index (χ2v) is 8.27. The zero-order valence-electron chi connectivity index (χ0n) is 19.4. The van der Waals surface area contributed by atoms with Crippen LogP contribution in [0, 0.1) is 6.92 Å². The SMILES string of the molecule is COc1ccnc(C(=O)CC(=O)N(Cc2cccc(Cl)c2)c2ccc(C(=O)N(C)C)c(C)c2)n1. The highest BCUT2D eigenvalue weighted by molar-refractivity contribution is 6.30. The third-order valence-electron chi connectivity index (χ3n) is 5.09. The van der Waals surface area contributed by atoms with Gasteiger partial charge in [0.1, 0.15) is 0 Å². The Balaban J connectivity index is 1.93. The second-order valence-electron chi connectivity index (χ2n) is 7.83. The number of Topliss-reactive ketones (excluding diaryl/α,β-unsaturated/α-hetero) is 1. The van der Waals surface area contributed by atoms with E-state index in [-0.39, 0.29) is 24.2 Å². The van der Waals surface area contributed by atoms with Gasteiger partial charge in [-0.05, 0) is 48.4 Å². The van der Waals surface area contributed by atoms with Crippen molar-refractivity contribution in [2.75, 3.05) is 26.1 Å². The van der Waals surface area contributed by atoms with Gasteiger partial charge in [0.05, 0.1) is 20.1 Å². The quantitative estimate of drug-likeness (QED) is 0.358. The Morgan fingerprint density at radius 3 is 2.47 bits per heavy atom. The van der Waals surface area contributed by atoms with Gasteiger partial charge in [-0.3, -0.25) is 14.4 Å². The van der Waals surface area contributed by atoms with Gasteiger partial charge in [0.15, 0.2) is 5.82 Å². The van der Waals surface area contributed by atoms with Gasteiger partial charge in [0, 0.05) is 42.6 Å². The fourth-order valence-corrected chi connectivity index (χ4v) is 3.55. The number of halogens is 1. The van der Waals surface area contributed by atoms with Crippen molar-refractivity contribution in [3.8, 4) is 5.88 Å². The van der Waals surface area contributed by atoms with E-state index in [0.717, 1.165) is 5.56 Å². The highest BCUT2D eigenvalue weighted by Crippen LogP contribution is 2.24. The minimum atomic E-state index is -0.531. The highest BCUT2D eigenvalue weighted by Gasteiger charge is 2.23. The van der Waals surface area contributed by atoms with Gasteiger partial charge in [-0.2, -0.15) is 4.98 Å². The summed E-state index contributed by atoms with van der Waals surface area (Å²) >= 11 is 6.13. The number of amides is 2. The number of nitrogens with zero attached hydrogens (tertiary/aromatic N) is 4. The zero-order valence-corrected chi connectivity index (χ0v) is 20.2. The van der Waals surface area contributed by atoms with Crippen LogP contribution >= 0.6 is 11.6 Å². The Hall–Kier alpha value is -3.78. The van der Waals surface area contributed by atoms with Gasteiger partial charge in [0.2, 0.25) is 17.6 Å². The maximum Gasteiger partial charge on any atom is 0.253 e. The number of aromatic nitrogens is 2. The Morgan fingerprint density at radius 2 is 1.82 bits per heavy atom. The second kappa shape index (κ2) is 10.9. The number of ketones is 1. The van der Waals surface area contributed by atoms with E-state index in [9.17, 15) is 14.4 Å². The van der Waals surface area contributed by atoms with Gasteiger partial charge in [-0.1, -0.05) is 23.7 Å². The van der Waals surface area contributed by atoms with E-state index in [0.29, 0.717) is 21.8 Å². The van der Waals surface area contributed by atoms with Crippen LogP contribution in [0.2, 0.25) is 5.02 Å². The summed E-state index contributed by atoms with van der Waals surface area (Å²) in [5.41, 5.74) is 2.58. The average molecular weight is 481 g/mol. The van der Waals surface area contributed by atoms with E-state index >= 15 is 0 Å². The van der Waals surface area contributed by atoms with Crippen LogP contribution in [0.4, 0.5) is 5.69 Å². The predicted molar refractivity (Wildman–Crippen MR) is 129 cm³/mol. The number of benzene rings is 2. The lowest BCUT2D eigenvalue weighted by atomic mass is 10.1. The van der Waals surface area contributed by atoms with Crippen LogP contribution in [-0.2, 0) is 11.3 Å². The summed E-state index contributed by atoms with van der Waals surface area (Å²) in [6.45, 7) is 1.99. The molecular formula is C25H25ClN4O4. The first-order valence-electron chi connectivity index (χ1n) is 10.5. The number of anilines is 1. The van der Waals surface area contributed by atoms with Crippen molar-refractivity contribution in [1.82, 2.24) is 14.9 Å². The standard InChI is InChI=1S/C25H25ClN4O4/c1-16-12-19(8-9-20(16)25(33)29(2)3)30(15-17-6-5-7-18(26)13-17)23(32)14-21(31)24-27-11-10-22(28-24)34-4/h5-13H,14-15H2,1-4H3. The molecule has 0 aliphatic heterocycles. The molecule has 8 nitrogen and oxygen atoms in total. The largest absolute Gasteiger partial charge is 0.481 e. The third-order valence-corrected chi connectivity index (χ3v) is 5.32. The molecule has 0 fully saturated rings. The Bertz CT molecular complexity index is 1230. The van der Waals surface area contributed by atoms with Crippen molar-refractivity contribution in [3.05, 3.63) is 82.3 Å². The van der Waals surface area contributed by atoms with Gasteiger partial charge in [0.25, 0.3) is 5.91 Å². The molecule has 3 rings (SSSR count). The van der Waals surface area contributed by atoms with Crippen molar-refractivity contribution < 1.29 is 19.1 Å². The summed E-state index contributed by atoms with van der Waals surface area (Å²) in [4.78, 5) is 49.5. The number of methoxy groups -OCH3 is 1. The molecule has 0 aliphatic carbocycles. The van der Waals surface area contributed by atoms with E-state index in [1.807, 2.05) is 6.07 Å². The summed E-state index contributed by atoms with van der Waals surface area (Å²) in [6.07, 6.45) is 0.961. The Labute approximate surface area is 203 Å². The molecule has 176 valence electrons. The molecule has 3 aromatic rings. The molecule has 2 amide bonds. The summed E-state index contributed by atoms with van der Waals surface area (Å²) in [6, 6.07) is 13.8. The van der Waals surface area contributed by atoms with Crippen molar-refractivity contribution >= 4 is 34.9 Å². The lowest BCUT2D eigenvalue weighted by Gasteiger charge is -2.24. The molecule has 1 heterocycles. The molecule has 0 unspecified atom stereocenters. The third kappa shape index (κ3) is 5.96. The molecule has 0 saturated heterocycles. The van der Waals surface area contributed by atoms with Crippen molar-refractivity contribution in [3.63, 3.8) is 0 Å². The molecule has 2 aromatic carbocycles. The zero-order chi connectivity index (χ0) is 24.8. The van der Waals surface area contributed by atoms with Gasteiger partial charge in [-0.15, -0.1) is 0 Å².